The SMILES string of the molecule is CC(C)C[C@H](NC(=O)[C@H](CC(=O)[O-])NC(=O)[C@@H]1CCCN1C(=O)[C@H](Cc1ccc(O)cc1)NC(=O)[C@H](CC(C)C)NC(=O)[C@@H]([NH3+])CC(N)=O)C(=O)N[C@@H](CO)C(=O)N[C@@H](CCC(=O)[O-])C(=O)O. The van der Waals surface area contributed by atoms with E-state index in [4.69, 9.17) is 5.73 Å². The van der Waals surface area contributed by atoms with Crippen molar-refractivity contribution < 1.29 is 84.0 Å². The number of aliphatic hydroxyl groups is 1. The number of rotatable bonds is 28. The molecule has 8 amide bonds. The molecule has 25 heteroatoms. The molecular weight excluding hydrogens is 887 g/mol. The molecule has 14 N–H and O–H groups in total. The van der Waals surface area contributed by atoms with Gasteiger partial charge in [0.2, 0.25) is 41.4 Å². The fourth-order valence-corrected chi connectivity index (χ4v) is 7.05. The summed E-state index contributed by atoms with van der Waals surface area (Å²) in [6, 6.07) is -6.36. The third kappa shape index (κ3) is 19.2. The van der Waals surface area contributed by atoms with E-state index in [-0.39, 0.29) is 56.2 Å². The van der Waals surface area contributed by atoms with E-state index in [0.29, 0.717) is 5.56 Å². The van der Waals surface area contributed by atoms with Gasteiger partial charge in [-0.25, -0.2) is 4.79 Å². The van der Waals surface area contributed by atoms with Crippen LogP contribution in [0.1, 0.15) is 84.6 Å². The Labute approximate surface area is 385 Å². The van der Waals surface area contributed by atoms with E-state index in [1.165, 1.54) is 24.3 Å². The summed E-state index contributed by atoms with van der Waals surface area (Å²) in [5.74, 6) is -13.2. The van der Waals surface area contributed by atoms with E-state index in [0.717, 1.165) is 4.90 Å². The van der Waals surface area contributed by atoms with Crippen LogP contribution in [0.2, 0.25) is 0 Å². The maximum Gasteiger partial charge on any atom is 0.326 e. The second kappa shape index (κ2) is 26.9. The summed E-state index contributed by atoms with van der Waals surface area (Å²) in [5.41, 5.74) is 9.30. The Hall–Kier alpha value is -6.89. The topological polar surface area (TPSA) is 424 Å². The number of quaternary nitrogens is 1. The Balaban J connectivity index is 2.37. The molecule has 0 aliphatic carbocycles. The Morgan fingerprint density at radius 1 is 0.701 bits per heavy atom. The third-order valence-corrected chi connectivity index (χ3v) is 10.4. The van der Waals surface area contributed by atoms with Gasteiger partial charge in [-0.2, -0.15) is 0 Å². The lowest BCUT2D eigenvalue weighted by Crippen LogP contribution is -2.70. The van der Waals surface area contributed by atoms with Gasteiger partial charge in [-0.15, -0.1) is 0 Å². The molecule has 25 nitrogen and oxygen atoms in total. The summed E-state index contributed by atoms with van der Waals surface area (Å²) in [6.45, 7) is 5.74. The van der Waals surface area contributed by atoms with E-state index < -0.39 is 146 Å². The van der Waals surface area contributed by atoms with Gasteiger partial charge >= 0.3 is 5.97 Å². The molecule has 0 saturated carbocycles. The summed E-state index contributed by atoms with van der Waals surface area (Å²) in [6.07, 6.45) is -2.80. The molecule has 8 atom stereocenters. The summed E-state index contributed by atoms with van der Waals surface area (Å²) in [5, 5.41) is 65.9. The van der Waals surface area contributed by atoms with Crippen molar-refractivity contribution in [3.05, 3.63) is 29.8 Å². The van der Waals surface area contributed by atoms with Gasteiger partial charge < -0.3 is 83.4 Å². The number of carboxylic acids is 3. The highest BCUT2D eigenvalue weighted by Crippen LogP contribution is 2.21. The highest BCUT2D eigenvalue weighted by atomic mass is 16.4. The van der Waals surface area contributed by atoms with Crippen LogP contribution in [-0.4, -0.2) is 147 Å². The Morgan fingerprint density at radius 2 is 1.19 bits per heavy atom. The molecule has 0 unspecified atom stereocenters. The zero-order chi connectivity index (χ0) is 50.7. The first kappa shape index (κ1) is 56.2. The van der Waals surface area contributed by atoms with Crippen LogP contribution in [0.3, 0.4) is 0 Å². The zero-order valence-electron chi connectivity index (χ0n) is 37.7. The number of carbonyl (C=O) groups is 11. The zero-order valence-corrected chi connectivity index (χ0v) is 37.7. The van der Waals surface area contributed by atoms with Crippen molar-refractivity contribution in [2.75, 3.05) is 13.2 Å². The van der Waals surface area contributed by atoms with Crippen LogP contribution in [0.4, 0.5) is 0 Å². The molecular formula is C42H62N9O16-. The molecule has 1 fully saturated rings. The Kier molecular flexibility index (Phi) is 22.6. The minimum atomic E-state index is -1.91. The molecule has 0 spiro atoms. The fourth-order valence-electron chi connectivity index (χ4n) is 7.05. The maximum atomic E-state index is 14.4. The molecule has 1 saturated heterocycles. The van der Waals surface area contributed by atoms with E-state index in [9.17, 15) is 78.3 Å². The Bertz CT molecular complexity index is 1960. The summed E-state index contributed by atoms with van der Waals surface area (Å²) in [7, 11) is 0. The first-order chi connectivity index (χ1) is 31.3. The van der Waals surface area contributed by atoms with E-state index >= 15 is 0 Å². The number of carboxylic acid groups (broad SMARTS) is 3. The molecule has 67 heavy (non-hydrogen) atoms. The van der Waals surface area contributed by atoms with Gasteiger partial charge in [-0.1, -0.05) is 39.8 Å². The average molecular weight is 949 g/mol. The predicted molar refractivity (Wildman–Crippen MR) is 226 cm³/mol. The number of aliphatic hydroxyl groups excluding tert-OH is 1. The van der Waals surface area contributed by atoms with Crippen molar-refractivity contribution in [1.29, 1.82) is 0 Å². The lowest BCUT2D eigenvalue weighted by atomic mass is 10.00. The average Bonchev–Trinajstić information content (AvgIpc) is 3.73. The van der Waals surface area contributed by atoms with Gasteiger partial charge in [0.1, 0.15) is 48.0 Å². The van der Waals surface area contributed by atoms with Crippen molar-refractivity contribution in [2.45, 2.75) is 134 Å². The molecule has 0 radical (unpaired) electrons. The number of nitrogens with zero attached hydrogens (tertiary/aromatic N) is 1. The predicted octanol–water partition coefficient (Wildman–Crippen LogP) is -6.84. The number of carbonyl (C=O) groups excluding carboxylic acids is 10. The highest BCUT2D eigenvalue weighted by molar-refractivity contribution is 5.99. The number of likely N-dealkylation sites (tertiary alicyclic amines) is 1. The highest BCUT2D eigenvalue weighted by Gasteiger charge is 2.40. The maximum absolute atomic E-state index is 14.4. The van der Waals surface area contributed by atoms with Crippen LogP contribution in [0.25, 0.3) is 0 Å². The van der Waals surface area contributed by atoms with Gasteiger partial charge in [0.05, 0.1) is 13.0 Å². The van der Waals surface area contributed by atoms with Crippen molar-refractivity contribution in [2.24, 2.45) is 17.6 Å². The number of phenolic OH excluding ortho intramolecular Hbond substituents is 1. The smallest absolute Gasteiger partial charge is 0.326 e. The largest absolute Gasteiger partial charge is 0.550 e. The van der Waals surface area contributed by atoms with E-state index in [2.05, 4.69) is 32.3 Å². The molecule has 1 heterocycles. The normalized spacial score (nSPS) is 16.5. The van der Waals surface area contributed by atoms with Gasteiger partial charge in [-0.05, 0) is 68.1 Å². The standard InChI is InChI=1S/C42H63N9O16/c1-20(2)14-26(46-35(59)24(43)17-32(44)54)36(60)49-29(16-22-7-9-23(53)10-8-22)41(65)51-13-5-6-31(51)40(64)48-28(18-34(57)58)38(62)47-27(15-21(3)4)37(61)50-30(19-52)39(63)45-25(42(66)67)11-12-33(55)56/h7-10,20-21,24-31,52-53H,5-6,11-19,43H2,1-4H3,(H2,44,54)(H,45,63)(H,46,59)(H,47,62)(H,48,64)(H,49,60)(H,50,61)(H,55,56)(H,57,58)(H,66,67)/p-1/t24-,25-,26-,27-,28-,29-,30-,31-/m0/s1. The number of hydrogen-bond acceptors (Lipinski definition) is 15. The first-order valence-corrected chi connectivity index (χ1v) is 21.6. The first-order valence-electron chi connectivity index (χ1n) is 21.6. The van der Waals surface area contributed by atoms with Crippen LogP contribution >= 0.6 is 0 Å². The summed E-state index contributed by atoms with van der Waals surface area (Å²) >= 11 is 0. The van der Waals surface area contributed by atoms with Gasteiger partial charge in [0.25, 0.3) is 5.91 Å². The molecule has 1 aliphatic rings. The second-order valence-corrected chi connectivity index (χ2v) is 17.1. The number of amides is 8. The van der Waals surface area contributed by atoms with Crippen molar-refractivity contribution in [3.63, 3.8) is 0 Å². The lowest BCUT2D eigenvalue weighted by molar-refractivity contribution is -0.402. The van der Waals surface area contributed by atoms with Crippen LogP contribution in [0, 0.1) is 11.8 Å². The Morgan fingerprint density at radius 3 is 1.69 bits per heavy atom. The van der Waals surface area contributed by atoms with Crippen molar-refractivity contribution >= 4 is 65.2 Å². The third-order valence-electron chi connectivity index (χ3n) is 10.4. The number of nitrogens with two attached hydrogens (primary N) is 1. The lowest BCUT2D eigenvalue weighted by Gasteiger charge is -2.31. The van der Waals surface area contributed by atoms with E-state index in [1.807, 2.05) is 5.32 Å². The number of benzene rings is 1. The van der Waals surface area contributed by atoms with Gasteiger partial charge in [-0.3, -0.25) is 38.4 Å². The molecule has 372 valence electrons. The van der Waals surface area contributed by atoms with E-state index in [1.54, 1.807) is 27.7 Å². The molecule has 1 aliphatic heterocycles. The number of phenols is 1. The monoisotopic (exact) mass is 948 g/mol. The number of primary amides is 1. The molecule has 1 aromatic carbocycles. The second-order valence-electron chi connectivity index (χ2n) is 17.1. The fraction of sp³-hybridized carbons (Fsp3) is 0.595. The van der Waals surface area contributed by atoms with Crippen LogP contribution in [-0.2, 0) is 59.2 Å². The van der Waals surface area contributed by atoms with Crippen molar-refractivity contribution in [1.82, 2.24) is 36.8 Å². The van der Waals surface area contributed by atoms with Crippen molar-refractivity contribution in [3.8, 4) is 5.75 Å². The summed E-state index contributed by atoms with van der Waals surface area (Å²) in [4.78, 5) is 142. The quantitative estimate of drug-likeness (QED) is 0.0372. The van der Waals surface area contributed by atoms with Crippen LogP contribution in [0.5, 0.6) is 5.75 Å². The number of hydrogen-bond donors (Lipinski definition) is 11. The molecule has 0 aromatic heterocycles. The minimum absolute atomic E-state index is 0.0207. The minimum Gasteiger partial charge on any atom is -0.550 e. The molecule has 1 aromatic rings. The number of aliphatic carboxylic acids is 3. The van der Waals surface area contributed by atoms with Gasteiger partial charge in [0, 0.05) is 31.3 Å². The number of aromatic hydroxyl groups is 1. The molecule has 0 bridgehead atoms. The summed E-state index contributed by atoms with van der Waals surface area (Å²) < 4.78 is 0. The van der Waals surface area contributed by atoms with Gasteiger partial charge in [0.15, 0.2) is 6.04 Å². The van der Waals surface area contributed by atoms with Crippen LogP contribution in [0.15, 0.2) is 24.3 Å². The molecule has 2 rings (SSSR count). The number of nitrogens with one attached hydrogen (secondary N) is 6. The van der Waals surface area contributed by atoms with Crippen LogP contribution < -0.4 is 53.6 Å².